The number of rotatable bonds is 4. The van der Waals surface area contributed by atoms with Crippen molar-refractivity contribution in [2.75, 3.05) is 6.54 Å². The third-order valence-corrected chi connectivity index (χ3v) is 1.42. The molecular formula is C6H10N4O3. The van der Waals surface area contributed by atoms with Crippen LogP contribution in [0.1, 0.15) is 11.8 Å². The number of nitrogens with two attached hydrogens (primary N) is 1. The lowest BCUT2D eigenvalue weighted by Gasteiger charge is -1.99. The van der Waals surface area contributed by atoms with Gasteiger partial charge in [0.15, 0.2) is 0 Å². The number of hydrogen-bond donors (Lipinski definition) is 3. The third kappa shape index (κ3) is 2.49. The molecule has 0 bridgehead atoms. The number of carbonyl (C=O) groups is 1. The molecule has 0 radical (unpaired) electrons. The zero-order chi connectivity index (χ0) is 9.84. The molecule has 0 aliphatic rings. The van der Waals surface area contributed by atoms with Crippen LogP contribution in [0.2, 0.25) is 0 Å². The maximum atomic E-state index is 10.2. The Balaban J connectivity index is 2.68. The number of aliphatic hydroxyl groups is 1. The predicted octanol–water partition coefficient (Wildman–Crippen LogP) is -1.65. The summed E-state index contributed by atoms with van der Waals surface area (Å²) in [5.74, 6) is -1.02. The molecule has 13 heavy (non-hydrogen) atoms. The first-order chi connectivity index (χ1) is 6.13. The molecule has 1 rings (SSSR count). The molecule has 0 aliphatic heterocycles. The van der Waals surface area contributed by atoms with Gasteiger partial charge in [-0.2, -0.15) is 0 Å². The molecule has 0 saturated carbocycles. The molecular weight excluding hydrogens is 176 g/mol. The Labute approximate surface area is 73.8 Å². The lowest BCUT2D eigenvalue weighted by molar-refractivity contribution is -0.137. The summed E-state index contributed by atoms with van der Waals surface area (Å²) >= 11 is 0. The topological polar surface area (TPSA) is 114 Å². The lowest BCUT2D eigenvalue weighted by atomic mass is 10.3. The Hall–Kier alpha value is -1.47. The van der Waals surface area contributed by atoms with Gasteiger partial charge in [-0.15, -0.1) is 5.10 Å². The van der Waals surface area contributed by atoms with Gasteiger partial charge < -0.3 is 15.9 Å². The number of aliphatic hydroxyl groups excluding tert-OH is 1. The van der Waals surface area contributed by atoms with Gasteiger partial charge in [-0.05, 0) is 0 Å². The number of carboxylic acid groups (broad SMARTS) is 1. The van der Waals surface area contributed by atoms with Crippen LogP contribution in [0.15, 0.2) is 6.20 Å². The van der Waals surface area contributed by atoms with Crippen molar-refractivity contribution in [1.82, 2.24) is 15.0 Å². The van der Waals surface area contributed by atoms with Crippen molar-refractivity contribution >= 4 is 5.97 Å². The summed E-state index contributed by atoms with van der Waals surface area (Å²) in [7, 11) is 0. The van der Waals surface area contributed by atoms with E-state index in [0.29, 0.717) is 0 Å². The fourth-order valence-electron chi connectivity index (χ4n) is 0.803. The van der Waals surface area contributed by atoms with Crippen LogP contribution in [-0.2, 0) is 11.3 Å². The second-order valence-electron chi connectivity index (χ2n) is 2.49. The minimum absolute atomic E-state index is 0.0335. The molecule has 1 atom stereocenters. The molecule has 1 heterocycles. The van der Waals surface area contributed by atoms with Crippen molar-refractivity contribution in [2.45, 2.75) is 12.6 Å². The van der Waals surface area contributed by atoms with Gasteiger partial charge in [-0.3, -0.25) is 4.79 Å². The second-order valence-corrected chi connectivity index (χ2v) is 2.49. The van der Waals surface area contributed by atoms with Gasteiger partial charge >= 0.3 is 5.97 Å². The monoisotopic (exact) mass is 186 g/mol. The summed E-state index contributed by atoms with van der Waals surface area (Å²) in [5, 5.41) is 24.6. The van der Waals surface area contributed by atoms with E-state index >= 15 is 0 Å². The van der Waals surface area contributed by atoms with Crippen LogP contribution in [0.5, 0.6) is 0 Å². The molecule has 0 aliphatic carbocycles. The number of aliphatic carboxylic acids is 1. The Morgan fingerprint density at radius 1 is 1.77 bits per heavy atom. The highest BCUT2D eigenvalue weighted by atomic mass is 16.4. The smallest absolute Gasteiger partial charge is 0.325 e. The normalized spacial score (nSPS) is 12.8. The van der Waals surface area contributed by atoms with Crippen molar-refractivity contribution in [2.24, 2.45) is 5.73 Å². The van der Waals surface area contributed by atoms with Crippen LogP contribution < -0.4 is 5.73 Å². The first-order valence-corrected chi connectivity index (χ1v) is 3.63. The van der Waals surface area contributed by atoms with E-state index in [-0.39, 0.29) is 18.8 Å². The average molecular weight is 186 g/mol. The summed E-state index contributed by atoms with van der Waals surface area (Å²) in [6.07, 6.45) is 0.466. The van der Waals surface area contributed by atoms with Crippen molar-refractivity contribution in [3.63, 3.8) is 0 Å². The van der Waals surface area contributed by atoms with E-state index in [1.165, 1.54) is 6.20 Å². The minimum Gasteiger partial charge on any atom is -0.480 e. The highest BCUT2D eigenvalue weighted by Crippen LogP contribution is 2.05. The van der Waals surface area contributed by atoms with E-state index in [1.54, 1.807) is 0 Å². The minimum atomic E-state index is -1.02. The van der Waals surface area contributed by atoms with E-state index < -0.39 is 12.1 Å². The van der Waals surface area contributed by atoms with Crippen molar-refractivity contribution in [1.29, 1.82) is 0 Å². The molecule has 4 N–H and O–H groups in total. The van der Waals surface area contributed by atoms with Crippen LogP contribution in [0.4, 0.5) is 0 Å². The lowest BCUT2D eigenvalue weighted by Crippen LogP contribution is -2.12. The zero-order valence-electron chi connectivity index (χ0n) is 6.79. The van der Waals surface area contributed by atoms with Crippen molar-refractivity contribution in [3.8, 4) is 0 Å². The zero-order valence-corrected chi connectivity index (χ0v) is 6.79. The Kier molecular flexibility index (Phi) is 2.93. The number of hydrogen-bond acceptors (Lipinski definition) is 5. The fraction of sp³-hybridized carbons (Fsp3) is 0.500. The summed E-state index contributed by atoms with van der Waals surface area (Å²) in [5.41, 5.74) is 5.45. The summed E-state index contributed by atoms with van der Waals surface area (Å²) in [6.45, 7) is -0.240. The van der Waals surface area contributed by atoms with E-state index in [0.717, 1.165) is 4.68 Å². The molecule has 7 nitrogen and oxygen atoms in total. The fourth-order valence-corrected chi connectivity index (χ4v) is 0.803. The van der Waals surface area contributed by atoms with Crippen molar-refractivity contribution < 1.29 is 15.0 Å². The Morgan fingerprint density at radius 2 is 2.46 bits per heavy atom. The van der Waals surface area contributed by atoms with Crippen LogP contribution in [-0.4, -0.2) is 37.7 Å². The molecule has 0 spiro atoms. The summed E-state index contributed by atoms with van der Waals surface area (Å²) in [6, 6.07) is 0. The average Bonchev–Trinajstić information content (AvgIpc) is 2.50. The van der Waals surface area contributed by atoms with E-state index in [4.69, 9.17) is 10.8 Å². The largest absolute Gasteiger partial charge is 0.480 e. The van der Waals surface area contributed by atoms with Crippen LogP contribution in [0.3, 0.4) is 0 Å². The van der Waals surface area contributed by atoms with Gasteiger partial charge in [0.1, 0.15) is 18.3 Å². The van der Waals surface area contributed by atoms with Crippen molar-refractivity contribution in [3.05, 3.63) is 11.9 Å². The van der Waals surface area contributed by atoms with E-state index in [1.807, 2.05) is 0 Å². The van der Waals surface area contributed by atoms with Crippen LogP contribution >= 0.6 is 0 Å². The quantitative estimate of drug-likeness (QED) is 0.519. The highest BCUT2D eigenvalue weighted by molar-refractivity contribution is 5.66. The number of aromatic nitrogens is 3. The molecule has 1 aromatic heterocycles. The first-order valence-electron chi connectivity index (χ1n) is 3.63. The van der Waals surface area contributed by atoms with Gasteiger partial charge in [0.25, 0.3) is 0 Å². The van der Waals surface area contributed by atoms with Gasteiger partial charge in [0, 0.05) is 6.54 Å². The number of nitrogens with zero attached hydrogens (tertiary/aromatic N) is 3. The third-order valence-electron chi connectivity index (χ3n) is 1.42. The second kappa shape index (κ2) is 3.97. The SMILES string of the molecule is NCC(O)c1cn(CC(=O)O)nn1. The maximum absolute atomic E-state index is 10.2. The van der Waals surface area contributed by atoms with Gasteiger partial charge in [-0.1, -0.05) is 5.21 Å². The number of carboxylic acids is 1. The molecule has 1 aromatic rings. The molecule has 1 unspecified atom stereocenters. The first kappa shape index (κ1) is 9.62. The predicted molar refractivity (Wildman–Crippen MR) is 41.7 cm³/mol. The molecule has 7 heteroatoms. The summed E-state index contributed by atoms with van der Waals surface area (Å²) < 4.78 is 1.12. The highest BCUT2D eigenvalue weighted by Gasteiger charge is 2.10. The Bertz CT molecular complexity index is 298. The Morgan fingerprint density at radius 3 is 3.00 bits per heavy atom. The van der Waals surface area contributed by atoms with E-state index in [9.17, 15) is 9.90 Å². The van der Waals surface area contributed by atoms with Crippen LogP contribution in [0, 0.1) is 0 Å². The summed E-state index contributed by atoms with van der Waals surface area (Å²) in [4.78, 5) is 10.2. The van der Waals surface area contributed by atoms with Crippen LogP contribution in [0.25, 0.3) is 0 Å². The molecule has 72 valence electrons. The molecule has 0 aromatic carbocycles. The van der Waals surface area contributed by atoms with E-state index in [2.05, 4.69) is 10.3 Å². The van der Waals surface area contributed by atoms with Gasteiger partial charge in [0.2, 0.25) is 0 Å². The molecule has 0 fully saturated rings. The molecule has 0 amide bonds. The standard InChI is InChI=1S/C6H10N4O3/c7-1-5(11)4-2-10(9-8-4)3-6(12)13/h2,5,11H,1,3,7H2,(H,12,13). The van der Waals surface area contributed by atoms with Gasteiger partial charge in [0.05, 0.1) is 6.20 Å². The maximum Gasteiger partial charge on any atom is 0.325 e. The van der Waals surface area contributed by atoms with Gasteiger partial charge in [-0.25, -0.2) is 4.68 Å². The molecule has 0 saturated heterocycles.